The van der Waals surface area contributed by atoms with Gasteiger partial charge in [0.1, 0.15) is 11.3 Å². The molecule has 0 saturated heterocycles. The molecule has 0 aromatic heterocycles. The van der Waals surface area contributed by atoms with Gasteiger partial charge < -0.3 is 14.6 Å². The van der Waals surface area contributed by atoms with Crippen LogP contribution in [0.5, 0.6) is 5.75 Å². The van der Waals surface area contributed by atoms with E-state index in [0.717, 1.165) is 0 Å². The Labute approximate surface area is 124 Å². The quantitative estimate of drug-likeness (QED) is 0.391. The SMILES string of the molecule is COc1ccc(C=C(C(=O)O)C(=O)OCC(C)(C)C)cc1. The van der Waals surface area contributed by atoms with Crippen LogP contribution in [0.3, 0.4) is 0 Å². The molecule has 0 fully saturated rings. The molecule has 1 aromatic carbocycles. The van der Waals surface area contributed by atoms with Crippen LogP contribution in [0.15, 0.2) is 29.8 Å². The van der Waals surface area contributed by atoms with E-state index in [-0.39, 0.29) is 12.0 Å². The molecule has 0 amide bonds. The molecule has 0 aliphatic rings. The number of carboxylic acid groups (broad SMARTS) is 1. The Hall–Kier alpha value is -2.30. The average molecular weight is 292 g/mol. The molecule has 1 rings (SSSR count). The van der Waals surface area contributed by atoms with Crippen LogP contribution in [0.1, 0.15) is 26.3 Å². The van der Waals surface area contributed by atoms with E-state index in [9.17, 15) is 9.59 Å². The van der Waals surface area contributed by atoms with E-state index in [1.54, 1.807) is 24.3 Å². The molecule has 0 atom stereocenters. The second kappa shape index (κ2) is 6.92. The van der Waals surface area contributed by atoms with Gasteiger partial charge in [-0.25, -0.2) is 9.59 Å². The van der Waals surface area contributed by atoms with Crippen LogP contribution in [0.2, 0.25) is 0 Å². The van der Waals surface area contributed by atoms with Crippen molar-refractivity contribution in [1.82, 2.24) is 0 Å². The highest BCUT2D eigenvalue weighted by Crippen LogP contribution is 2.17. The minimum atomic E-state index is -1.32. The first kappa shape index (κ1) is 16.8. The molecule has 0 unspecified atom stereocenters. The van der Waals surface area contributed by atoms with E-state index >= 15 is 0 Å². The number of hydrogen-bond donors (Lipinski definition) is 1. The van der Waals surface area contributed by atoms with Crippen molar-refractivity contribution in [2.45, 2.75) is 20.8 Å². The molecule has 1 N–H and O–H groups in total. The summed E-state index contributed by atoms with van der Waals surface area (Å²) in [4.78, 5) is 23.1. The first-order valence-electron chi connectivity index (χ1n) is 6.49. The Morgan fingerprint density at radius 2 is 1.76 bits per heavy atom. The number of aliphatic carboxylic acids is 1. The van der Waals surface area contributed by atoms with Crippen molar-refractivity contribution < 1.29 is 24.2 Å². The molecule has 1 aromatic rings. The van der Waals surface area contributed by atoms with Gasteiger partial charge in [-0.15, -0.1) is 0 Å². The summed E-state index contributed by atoms with van der Waals surface area (Å²) in [6.07, 6.45) is 1.28. The molecule has 0 heterocycles. The van der Waals surface area contributed by atoms with Crippen LogP contribution in [0.25, 0.3) is 6.08 Å². The monoisotopic (exact) mass is 292 g/mol. The van der Waals surface area contributed by atoms with Gasteiger partial charge >= 0.3 is 11.9 Å². The summed E-state index contributed by atoms with van der Waals surface area (Å²) < 4.78 is 10.1. The molecule has 0 aliphatic heterocycles. The summed E-state index contributed by atoms with van der Waals surface area (Å²) in [6.45, 7) is 5.84. The molecule has 0 saturated carbocycles. The van der Waals surface area contributed by atoms with Crippen LogP contribution in [-0.2, 0) is 14.3 Å². The smallest absolute Gasteiger partial charge is 0.345 e. The minimum Gasteiger partial charge on any atom is -0.497 e. The number of esters is 1. The third-order valence-corrected chi connectivity index (χ3v) is 2.51. The van der Waals surface area contributed by atoms with E-state index in [1.165, 1.54) is 13.2 Å². The average Bonchev–Trinajstić information content (AvgIpc) is 2.41. The highest BCUT2D eigenvalue weighted by atomic mass is 16.5. The zero-order valence-corrected chi connectivity index (χ0v) is 12.7. The van der Waals surface area contributed by atoms with E-state index in [0.29, 0.717) is 11.3 Å². The Bertz CT molecular complexity index is 535. The Balaban J connectivity index is 2.91. The third-order valence-electron chi connectivity index (χ3n) is 2.51. The summed E-state index contributed by atoms with van der Waals surface area (Å²) in [5.74, 6) is -1.50. The molecule has 5 heteroatoms. The van der Waals surface area contributed by atoms with Crippen LogP contribution < -0.4 is 4.74 Å². The molecular weight excluding hydrogens is 272 g/mol. The van der Waals surface area contributed by atoms with Gasteiger partial charge in [-0.05, 0) is 29.2 Å². The summed E-state index contributed by atoms with van der Waals surface area (Å²) in [6, 6.07) is 6.70. The van der Waals surface area contributed by atoms with Crippen LogP contribution in [0.4, 0.5) is 0 Å². The van der Waals surface area contributed by atoms with Crippen molar-refractivity contribution in [3.05, 3.63) is 35.4 Å². The van der Waals surface area contributed by atoms with Crippen molar-refractivity contribution in [3.63, 3.8) is 0 Å². The van der Waals surface area contributed by atoms with Crippen LogP contribution in [-0.4, -0.2) is 30.8 Å². The van der Waals surface area contributed by atoms with Crippen molar-refractivity contribution in [1.29, 1.82) is 0 Å². The molecular formula is C16H20O5. The van der Waals surface area contributed by atoms with Gasteiger partial charge in [0.2, 0.25) is 0 Å². The van der Waals surface area contributed by atoms with Gasteiger partial charge in [-0.1, -0.05) is 32.9 Å². The molecule has 0 spiro atoms. The lowest BCUT2D eigenvalue weighted by Gasteiger charge is -2.17. The normalized spacial score (nSPS) is 11.9. The first-order valence-corrected chi connectivity index (χ1v) is 6.49. The second-order valence-corrected chi connectivity index (χ2v) is 5.77. The van der Waals surface area contributed by atoms with E-state index in [4.69, 9.17) is 14.6 Å². The van der Waals surface area contributed by atoms with Gasteiger partial charge in [-0.3, -0.25) is 0 Å². The molecule has 0 aliphatic carbocycles. The number of rotatable bonds is 5. The fourth-order valence-electron chi connectivity index (χ4n) is 1.43. The van der Waals surface area contributed by atoms with Crippen LogP contribution >= 0.6 is 0 Å². The number of carbonyl (C=O) groups excluding carboxylic acids is 1. The third kappa shape index (κ3) is 5.69. The number of ether oxygens (including phenoxy) is 2. The van der Waals surface area contributed by atoms with E-state index < -0.39 is 17.5 Å². The lowest BCUT2D eigenvalue weighted by Crippen LogP contribution is -2.22. The molecule has 0 bridgehead atoms. The lowest BCUT2D eigenvalue weighted by molar-refractivity contribution is -0.146. The van der Waals surface area contributed by atoms with E-state index in [1.807, 2.05) is 20.8 Å². The largest absolute Gasteiger partial charge is 0.497 e. The predicted octanol–water partition coefficient (Wildman–Crippen LogP) is 2.75. The Morgan fingerprint density at radius 1 is 1.19 bits per heavy atom. The maximum absolute atomic E-state index is 11.9. The van der Waals surface area contributed by atoms with Gasteiger partial charge in [-0.2, -0.15) is 0 Å². The first-order chi connectivity index (χ1) is 9.73. The van der Waals surface area contributed by atoms with Crippen molar-refractivity contribution >= 4 is 18.0 Å². The van der Waals surface area contributed by atoms with Crippen LogP contribution in [0, 0.1) is 5.41 Å². The summed E-state index contributed by atoms with van der Waals surface area (Å²) >= 11 is 0. The van der Waals surface area contributed by atoms with Crippen molar-refractivity contribution in [2.24, 2.45) is 5.41 Å². The molecule has 21 heavy (non-hydrogen) atoms. The Morgan fingerprint density at radius 3 is 2.19 bits per heavy atom. The standard InChI is InChI=1S/C16H20O5/c1-16(2,3)10-21-15(19)13(14(17)18)9-11-5-7-12(20-4)8-6-11/h5-9H,10H2,1-4H3,(H,17,18). The lowest BCUT2D eigenvalue weighted by atomic mass is 9.99. The molecule has 5 nitrogen and oxygen atoms in total. The van der Waals surface area contributed by atoms with Crippen molar-refractivity contribution in [3.8, 4) is 5.75 Å². The highest BCUT2D eigenvalue weighted by molar-refractivity contribution is 6.17. The van der Waals surface area contributed by atoms with Crippen molar-refractivity contribution in [2.75, 3.05) is 13.7 Å². The fourth-order valence-corrected chi connectivity index (χ4v) is 1.43. The Kier molecular flexibility index (Phi) is 5.52. The fraction of sp³-hybridized carbons (Fsp3) is 0.375. The number of benzene rings is 1. The number of hydrogen-bond acceptors (Lipinski definition) is 4. The highest BCUT2D eigenvalue weighted by Gasteiger charge is 2.21. The van der Waals surface area contributed by atoms with Gasteiger partial charge in [0.25, 0.3) is 0 Å². The zero-order valence-electron chi connectivity index (χ0n) is 12.7. The summed E-state index contributed by atoms with van der Waals surface area (Å²) in [5.41, 5.74) is -0.0373. The zero-order chi connectivity index (χ0) is 16.0. The van der Waals surface area contributed by atoms with E-state index in [2.05, 4.69) is 0 Å². The minimum absolute atomic E-state index is 0.152. The van der Waals surface area contributed by atoms with Gasteiger partial charge in [0.05, 0.1) is 13.7 Å². The summed E-state index contributed by atoms with van der Waals surface area (Å²) in [5, 5.41) is 9.14. The number of methoxy groups -OCH3 is 1. The topological polar surface area (TPSA) is 72.8 Å². The predicted molar refractivity (Wildman–Crippen MR) is 79.0 cm³/mol. The number of carbonyl (C=O) groups is 2. The molecule has 114 valence electrons. The number of carboxylic acids is 1. The van der Waals surface area contributed by atoms with Gasteiger partial charge in [0.15, 0.2) is 0 Å². The molecule has 0 radical (unpaired) electrons. The summed E-state index contributed by atoms with van der Waals surface area (Å²) in [7, 11) is 1.54. The second-order valence-electron chi connectivity index (χ2n) is 5.77. The maximum atomic E-state index is 11.9. The maximum Gasteiger partial charge on any atom is 0.345 e. The van der Waals surface area contributed by atoms with Gasteiger partial charge in [0, 0.05) is 0 Å².